The van der Waals surface area contributed by atoms with Crippen LogP contribution in [-0.4, -0.2) is 5.11 Å². The van der Waals surface area contributed by atoms with Gasteiger partial charge < -0.3 is 11.1 Å². The second-order valence-corrected chi connectivity index (χ2v) is 4.25. The van der Waals surface area contributed by atoms with Crippen LogP contribution in [0.2, 0.25) is 5.02 Å². The molecule has 0 aliphatic rings. The van der Waals surface area contributed by atoms with Gasteiger partial charge in [-0.2, -0.15) is 0 Å². The smallest absolute Gasteiger partial charge is 0.168 e. The quantitative estimate of drug-likeness (QED) is 0.776. The Balaban J connectivity index is 3.06. The highest BCUT2D eigenvalue weighted by molar-refractivity contribution is 9.10. The van der Waals surface area contributed by atoms with Crippen LogP contribution in [0.1, 0.15) is 5.56 Å². The summed E-state index contributed by atoms with van der Waals surface area (Å²) in [4.78, 5) is 0. The molecule has 0 saturated heterocycles. The van der Waals surface area contributed by atoms with E-state index >= 15 is 0 Å². The van der Waals surface area contributed by atoms with Gasteiger partial charge in [0.1, 0.15) is 0 Å². The van der Waals surface area contributed by atoms with Crippen molar-refractivity contribution < 1.29 is 0 Å². The molecular formula is C8H8BrClN2S. The lowest BCUT2D eigenvalue weighted by molar-refractivity contribution is 1.44. The van der Waals surface area contributed by atoms with Gasteiger partial charge in [-0.05, 0) is 52.8 Å². The van der Waals surface area contributed by atoms with Crippen molar-refractivity contribution in [3.05, 3.63) is 27.2 Å². The molecule has 0 radical (unpaired) electrons. The number of aryl methyl sites for hydroxylation is 1. The van der Waals surface area contributed by atoms with Gasteiger partial charge in [-0.3, -0.25) is 0 Å². The van der Waals surface area contributed by atoms with Gasteiger partial charge in [0.25, 0.3) is 0 Å². The number of hydrogen-bond acceptors (Lipinski definition) is 1. The van der Waals surface area contributed by atoms with Crippen LogP contribution in [0.4, 0.5) is 5.69 Å². The van der Waals surface area contributed by atoms with Gasteiger partial charge >= 0.3 is 0 Å². The van der Waals surface area contributed by atoms with Crippen LogP contribution in [0.25, 0.3) is 0 Å². The number of benzene rings is 1. The maximum absolute atomic E-state index is 5.95. The summed E-state index contributed by atoms with van der Waals surface area (Å²) in [6, 6.07) is 3.71. The van der Waals surface area contributed by atoms with Gasteiger partial charge in [-0.1, -0.05) is 11.6 Å². The van der Waals surface area contributed by atoms with Crippen molar-refractivity contribution >= 4 is 50.5 Å². The van der Waals surface area contributed by atoms with Crippen molar-refractivity contribution in [1.82, 2.24) is 0 Å². The predicted molar refractivity (Wildman–Crippen MR) is 64.3 cm³/mol. The lowest BCUT2D eigenvalue weighted by Gasteiger charge is -2.07. The molecule has 1 aromatic rings. The van der Waals surface area contributed by atoms with Crippen molar-refractivity contribution in [2.45, 2.75) is 6.92 Å². The summed E-state index contributed by atoms with van der Waals surface area (Å²) in [5.74, 6) is 0. The fraction of sp³-hybridized carbons (Fsp3) is 0.125. The van der Waals surface area contributed by atoms with E-state index in [1.54, 1.807) is 0 Å². The molecule has 3 N–H and O–H groups in total. The molecule has 0 atom stereocenters. The fourth-order valence-electron chi connectivity index (χ4n) is 0.941. The SMILES string of the molecule is Cc1cc(NC(N)=S)cc(Br)c1Cl. The summed E-state index contributed by atoms with van der Waals surface area (Å²) in [5.41, 5.74) is 7.14. The second kappa shape index (κ2) is 4.26. The molecule has 0 heterocycles. The Kier molecular flexibility index (Phi) is 3.53. The lowest BCUT2D eigenvalue weighted by atomic mass is 10.2. The summed E-state index contributed by atoms with van der Waals surface area (Å²) in [7, 11) is 0. The average molecular weight is 280 g/mol. The van der Waals surface area contributed by atoms with Crippen LogP contribution < -0.4 is 11.1 Å². The molecule has 0 fully saturated rings. The van der Waals surface area contributed by atoms with E-state index < -0.39 is 0 Å². The molecule has 0 saturated carbocycles. The van der Waals surface area contributed by atoms with E-state index in [2.05, 4.69) is 21.2 Å². The summed E-state index contributed by atoms with van der Waals surface area (Å²) < 4.78 is 0.827. The average Bonchev–Trinajstić information content (AvgIpc) is 1.98. The molecule has 0 aliphatic heterocycles. The number of hydrogen-bond donors (Lipinski definition) is 2. The van der Waals surface area contributed by atoms with E-state index in [0.717, 1.165) is 15.7 Å². The van der Waals surface area contributed by atoms with Crippen molar-refractivity contribution in [3.8, 4) is 0 Å². The van der Waals surface area contributed by atoms with Gasteiger partial charge in [0.05, 0.1) is 5.02 Å². The highest BCUT2D eigenvalue weighted by atomic mass is 79.9. The lowest BCUT2D eigenvalue weighted by Crippen LogP contribution is -2.18. The van der Waals surface area contributed by atoms with Crippen molar-refractivity contribution in [2.75, 3.05) is 5.32 Å². The minimum absolute atomic E-state index is 0.244. The maximum atomic E-state index is 5.95. The van der Waals surface area contributed by atoms with Gasteiger partial charge in [-0.15, -0.1) is 0 Å². The van der Waals surface area contributed by atoms with Crippen LogP contribution in [0.3, 0.4) is 0 Å². The zero-order chi connectivity index (χ0) is 10.0. The molecule has 0 aliphatic carbocycles. The van der Waals surface area contributed by atoms with Crippen LogP contribution >= 0.6 is 39.7 Å². The van der Waals surface area contributed by atoms with Crippen LogP contribution in [0, 0.1) is 6.92 Å². The molecule has 1 aromatic carbocycles. The minimum Gasteiger partial charge on any atom is -0.376 e. The summed E-state index contributed by atoms with van der Waals surface area (Å²) in [5, 5.41) is 3.78. The molecule has 1 rings (SSSR count). The Morgan fingerprint density at radius 1 is 1.62 bits per heavy atom. The summed E-state index contributed by atoms with van der Waals surface area (Å²) in [6.07, 6.45) is 0. The van der Waals surface area contributed by atoms with Crippen molar-refractivity contribution in [2.24, 2.45) is 5.73 Å². The molecule has 5 heteroatoms. The Morgan fingerprint density at radius 3 is 2.69 bits per heavy atom. The van der Waals surface area contributed by atoms with Gasteiger partial charge in [0.2, 0.25) is 0 Å². The predicted octanol–water partition coefficient (Wildman–Crippen LogP) is 3.07. The Labute approximate surface area is 95.6 Å². The van der Waals surface area contributed by atoms with E-state index in [9.17, 15) is 0 Å². The molecule has 0 bridgehead atoms. The second-order valence-electron chi connectivity index (χ2n) is 2.58. The zero-order valence-corrected chi connectivity index (χ0v) is 10.1. The van der Waals surface area contributed by atoms with E-state index in [0.29, 0.717) is 5.02 Å². The molecular weight excluding hydrogens is 272 g/mol. The van der Waals surface area contributed by atoms with Crippen LogP contribution in [-0.2, 0) is 0 Å². The third-order valence-corrected chi connectivity index (χ3v) is 2.94. The standard InChI is InChI=1S/C8H8BrClN2S/c1-4-2-5(12-8(11)13)3-6(9)7(4)10/h2-3H,1H3,(H3,11,12,13). The fourth-order valence-corrected chi connectivity index (χ4v) is 1.73. The van der Waals surface area contributed by atoms with Crippen molar-refractivity contribution in [1.29, 1.82) is 0 Å². The highest BCUT2D eigenvalue weighted by Crippen LogP contribution is 2.29. The topological polar surface area (TPSA) is 38.0 Å². The maximum Gasteiger partial charge on any atom is 0.168 e. The molecule has 0 unspecified atom stereocenters. The highest BCUT2D eigenvalue weighted by Gasteiger charge is 2.03. The number of halogens is 2. The molecule has 0 spiro atoms. The first-order valence-electron chi connectivity index (χ1n) is 3.53. The third kappa shape index (κ3) is 2.83. The van der Waals surface area contributed by atoms with Gasteiger partial charge in [-0.25, -0.2) is 0 Å². The number of thiocarbonyl (C=S) groups is 1. The number of nitrogens with one attached hydrogen (secondary N) is 1. The summed E-state index contributed by atoms with van der Waals surface area (Å²) >= 11 is 14.0. The van der Waals surface area contributed by atoms with Gasteiger partial charge in [0.15, 0.2) is 5.11 Å². The first-order chi connectivity index (χ1) is 6.00. The molecule has 70 valence electrons. The molecule has 13 heavy (non-hydrogen) atoms. The number of rotatable bonds is 1. The Hall–Kier alpha value is -0.320. The largest absolute Gasteiger partial charge is 0.376 e. The van der Waals surface area contributed by atoms with Crippen LogP contribution in [0.5, 0.6) is 0 Å². The van der Waals surface area contributed by atoms with E-state index in [1.807, 2.05) is 19.1 Å². The zero-order valence-electron chi connectivity index (χ0n) is 6.90. The number of anilines is 1. The first-order valence-corrected chi connectivity index (χ1v) is 5.10. The van der Waals surface area contributed by atoms with Crippen LogP contribution in [0.15, 0.2) is 16.6 Å². The summed E-state index contributed by atoms with van der Waals surface area (Å²) in [6.45, 7) is 1.91. The number of nitrogens with two attached hydrogens (primary N) is 1. The first kappa shape index (κ1) is 10.8. The van der Waals surface area contributed by atoms with Gasteiger partial charge in [0, 0.05) is 10.2 Å². The minimum atomic E-state index is 0.244. The molecule has 2 nitrogen and oxygen atoms in total. The Morgan fingerprint density at radius 2 is 2.23 bits per heavy atom. The van der Waals surface area contributed by atoms with Crippen molar-refractivity contribution in [3.63, 3.8) is 0 Å². The normalized spacial score (nSPS) is 9.77. The molecule has 0 aromatic heterocycles. The third-order valence-electron chi connectivity index (χ3n) is 1.48. The molecule has 0 amide bonds. The van der Waals surface area contributed by atoms with E-state index in [1.165, 1.54) is 0 Å². The van der Waals surface area contributed by atoms with E-state index in [-0.39, 0.29) is 5.11 Å². The Bertz CT molecular complexity index is 331. The monoisotopic (exact) mass is 278 g/mol. The van der Waals surface area contributed by atoms with E-state index in [4.69, 9.17) is 29.6 Å².